The van der Waals surface area contributed by atoms with E-state index in [1.54, 1.807) is 0 Å². The van der Waals surface area contributed by atoms with Crippen LogP contribution in [0.15, 0.2) is 71.9 Å². The highest BCUT2D eigenvalue weighted by Crippen LogP contribution is 2.32. The molecule has 4 aromatic rings. The number of aromatic nitrogens is 1. The average Bonchev–Trinajstić information content (AvgIpc) is 2.86. The van der Waals surface area contributed by atoms with Crippen molar-refractivity contribution in [1.82, 2.24) is 9.88 Å². The summed E-state index contributed by atoms with van der Waals surface area (Å²) in [5, 5.41) is 1.13. The van der Waals surface area contributed by atoms with E-state index in [-0.39, 0.29) is 5.92 Å². The molecule has 4 rings (SSSR count). The monoisotopic (exact) mass is 461 g/mol. The van der Waals surface area contributed by atoms with Crippen molar-refractivity contribution in [3.05, 3.63) is 101 Å². The Hall–Kier alpha value is -3.48. The summed E-state index contributed by atoms with van der Waals surface area (Å²) in [6, 6.07) is 28.6. The van der Waals surface area contributed by atoms with Crippen LogP contribution in [0.3, 0.4) is 0 Å². The lowest BCUT2D eigenvalue weighted by Crippen LogP contribution is -2.15. The fraction of sp³-hybridized carbons (Fsp3) is 0.312. The van der Waals surface area contributed by atoms with E-state index in [2.05, 4.69) is 118 Å². The summed E-state index contributed by atoms with van der Waals surface area (Å²) >= 11 is 0. The van der Waals surface area contributed by atoms with Crippen LogP contribution in [-0.2, 0) is 6.54 Å². The zero-order chi connectivity index (χ0) is 24.8. The maximum Gasteiger partial charge on any atom is 0.121 e. The number of fused-ring (bicyclic) bond motifs is 1. The first-order chi connectivity index (χ1) is 17.0. The molecule has 3 heteroatoms. The predicted octanol–water partition coefficient (Wildman–Crippen LogP) is 7.27. The van der Waals surface area contributed by atoms with Gasteiger partial charge < -0.3 is 4.90 Å². The lowest BCUT2D eigenvalue weighted by Gasteiger charge is -2.21. The van der Waals surface area contributed by atoms with Crippen LogP contribution in [0.2, 0.25) is 0 Å². The quantitative estimate of drug-likeness (QED) is 0.245. The molecular weight excluding hydrogens is 426 g/mol. The van der Waals surface area contributed by atoms with E-state index < -0.39 is 0 Å². The van der Waals surface area contributed by atoms with Gasteiger partial charge in [-0.1, -0.05) is 67.9 Å². The van der Waals surface area contributed by atoms with Gasteiger partial charge in [-0.2, -0.15) is 0 Å². The molecule has 1 atom stereocenters. The number of aryl methyl sites for hydroxylation is 1. The van der Waals surface area contributed by atoms with Crippen molar-refractivity contribution in [3.63, 3.8) is 0 Å². The van der Waals surface area contributed by atoms with E-state index >= 15 is 0 Å². The van der Waals surface area contributed by atoms with Crippen molar-refractivity contribution in [1.29, 1.82) is 0 Å². The smallest absolute Gasteiger partial charge is 0.121 e. The fourth-order valence-corrected chi connectivity index (χ4v) is 4.63. The van der Waals surface area contributed by atoms with Gasteiger partial charge in [-0.3, -0.25) is 4.99 Å². The van der Waals surface area contributed by atoms with Crippen molar-refractivity contribution < 1.29 is 0 Å². The van der Waals surface area contributed by atoms with Gasteiger partial charge in [0.2, 0.25) is 0 Å². The molecule has 0 aliphatic rings. The Kier molecular flexibility index (Phi) is 7.95. The highest BCUT2D eigenvalue weighted by atomic mass is 15.0. The van der Waals surface area contributed by atoms with Crippen LogP contribution in [-0.4, -0.2) is 36.2 Å². The van der Waals surface area contributed by atoms with Crippen LogP contribution in [0.1, 0.15) is 54.9 Å². The molecule has 1 unspecified atom stereocenters. The predicted molar refractivity (Wildman–Crippen MR) is 148 cm³/mol. The first-order valence-electron chi connectivity index (χ1n) is 12.6. The molecule has 178 valence electrons. The van der Waals surface area contributed by atoms with Crippen LogP contribution in [0.25, 0.3) is 22.0 Å². The highest BCUT2D eigenvalue weighted by molar-refractivity contribution is 6.07. The Labute approximate surface area is 210 Å². The number of hydrogen-bond donors (Lipinski definition) is 0. The molecule has 0 aliphatic carbocycles. The van der Waals surface area contributed by atoms with Gasteiger partial charge in [0.05, 0.1) is 0 Å². The van der Waals surface area contributed by atoms with Crippen molar-refractivity contribution >= 4 is 16.6 Å². The number of hydrogen-bond acceptors (Lipinski definition) is 3. The Morgan fingerprint density at radius 1 is 1.00 bits per heavy atom. The molecule has 0 aliphatic heterocycles. The van der Waals surface area contributed by atoms with Gasteiger partial charge in [0.15, 0.2) is 0 Å². The summed E-state index contributed by atoms with van der Waals surface area (Å²) < 4.78 is 0. The lowest BCUT2D eigenvalue weighted by molar-refractivity contribution is 0.402. The highest BCUT2D eigenvalue weighted by Gasteiger charge is 2.21. The molecule has 0 amide bonds. The van der Waals surface area contributed by atoms with Gasteiger partial charge in [-0.15, -0.1) is 0 Å². The third kappa shape index (κ3) is 5.78. The average molecular weight is 462 g/mol. The van der Waals surface area contributed by atoms with Crippen LogP contribution < -0.4 is 0 Å². The molecular formula is C32H35N3. The zero-order valence-corrected chi connectivity index (χ0v) is 21.6. The summed E-state index contributed by atoms with van der Waals surface area (Å²) in [6.07, 6.45) is 3.88. The second kappa shape index (κ2) is 11.3. The Bertz CT molecular complexity index is 1300. The lowest BCUT2D eigenvalue weighted by atomic mass is 9.85. The van der Waals surface area contributed by atoms with E-state index in [1.165, 1.54) is 22.3 Å². The van der Waals surface area contributed by atoms with E-state index in [9.17, 15) is 0 Å². The number of benzene rings is 2. The molecule has 0 radical (unpaired) electrons. The van der Waals surface area contributed by atoms with E-state index in [4.69, 9.17) is 4.99 Å². The standard InChI is InChI=1S/C32H35N3/c1-6-18-34-32(25-13-11-23(3)12-14-25)28(7-2)29-17-19-33-31-16-15-27(21-30(29)31)26-10-8-9-24(20-26)22-35(4)5/h8-14,17,19-21,28H,6-7,18,22H2,1-5H3. The minimum Gasteiger partial charge on any atom is -0.305 e. The van der Waals surface area contributed by atoms with Crippen LogP contribution in [0.5, 0.6) is 0 Å². The van der Waals surface area contributed by atoms with Gasteiger partial charge in [0, 0.05) is 41.9 Å². The number of aliphatic imine (C=N–C) groups is 1. The summed E-state index contributed by atoms with van der Waals surface area (Å²) in [5.41, 5.74) is 9.21. The Balaban J connectivity index is 1.82. The van der Waals surface area contributed by atoms with Crippen molar-refractivity contribution in [2.45, 2.75) is 46.1 Å². The maximum absolute atomic E-state index is 5.09. The molecule has 0 bridgehead atoms. The van der Waals surface area contributed by atoms with E-state index in [1.807, 2.05) is 6.20 Å². The summed E-state index contributed by atoms with van der Waals surface area (Å²) in [7, 11) is 4.19. The van der Waals surface area contributed by atoms with Crippen molar-refractivity contribution in [2.24, 2.45) is 4.99 Å². The van der Waals surface area contributed by atoms with Gasteiger partial charge in [-0.05, 0) is 80.4 Å². The zero-order valence-electron chi connectivity index (χ0n) is 21.6. The first-order valence-corrected chi connectivity index (χ1v) is 12.6. The topological polar surface area (TPSA) is 28.5 Å². The third-order valence-corrected chi connectivity index (χ3v) is 6.33. The minimum atomic E-state index is 0.179. The second-order valence-corrected chi connectivity index (χ2v) is 9.50. The molecule has 0 saturated heterocycles. The van der Waals surface area contributed by atoms with Crippen molar-refractivity contribution in [2.75, 3.05) is 20.6 Å². The van der Waals surface area contributed by atoms with Crippen LogP contribution in [0, 0.1) is 19.1 Å². The largest absolute Gasteiger partial charge is 0.305 e. The van der Waals surface area contributed by atoms with Crippen LogP contribution >= 0.6 is 0 Å². The summed E-state index contributed by atoms with van der Waals surface area (Å²) in [4.78, 5) is 11.9. The number of rotatable bonds is 9. The molecule has 35 heavy (non-hydrogen) atoms. The maximum atomic E-state index is 5.09. The second-order valence-electron chi connectivity index (χ2n) is 9.50. The molecule has 0 spiro atoms. The molecule has 1 heterocycles. The van der Waals surface area contributed by atoms with Gasteiger partial charge in [0.1, 0.15) is 5.52 Å². The molecule has 0 fully saturated rings. The van der Waals surface area contributed by atoms with Crippen LogP contribution in [0.4, 0.5) is 0 Å². The van der Waals surface area contributed by atoms with Gasteiger partial charge in [0.25, 0.3) is 0 Å². The molecule has 1 aromatic heterocycles. The van der Waals surface area contributed by atoms with Gasteiger partial charge >= 0.3 is 0 Å². The van der Waals surface area contributed by atoms with Gasteiger partial charge in [-0.25, -0.2) is 4.98 Å². The Morgan fingerprint density at radius 3 is 2.51 bits per heavy atom. The normalized spacial score (nSPS) is 12.7. The number of pyridine rings is 1. The molecule has 0 saturated carbocycles. The summed E-state index contributed by atoms with van der Waals surface area (Å²) in [5.74, 6) is 0.179. The molecule has 3 aromatic carbocycles. The first kappa shape index (κ1) is 24.6. The van der Waals surface area contributed by atoms with E-state index in [0.29, 0.717) is 0 Å². The summed E-state index contributed by atoms with van der Waals surface area (Å²) in [6.45, 7) is 8.29. The van der Waals surface area contributed by atoms with Crippen molar-refractivity contribution in [3.8, 4) is 11.1 Å². The van der Waals surface area contributed by atoms with E-state index in [0.717, 1.165) is 53.7 Å². The SMILES string of the molecule is CCCN=C(c1ccc(C)cc1)C(CC)c1ccnc2c#cc(-c3cccc(CN(C)C)c3)cc12. The minimum absolute atomic E-state index is 0.179. The number of nitrogens with zero attached hydrogens (tertiary/aromatic N) is 3. The third-order valence-electron chi connectivity index (χ3n) is 6.33. The Morgan fingerprint density at radius 2 is 1.80 bits per heavy atom. The fourth-order valence-electron chi connectivity index (χ4n) is 4.63. The molecule has 0 N–H and O–H groups in total. The molecule has 3 nitrogen and oxygen atoms in total.